The number of ether oxygens (including phenoxy) is 1. The lowest BCUT2D eigenvalue weighted by Gasteiger charge is -2.14. The number of amides is 1. The summed E-state index contributed by atoms with van der Waals surface area (Å²) < 4.78 is 19.6. The Kier molecular flexibility index (Phi) is 5.81. The van der Waals surface area contributed by atoms with E-state index >= 15 is 0 Å². The highest BCUT2D eigenvalue weighted by molar-refractivity contribution is 9.10. The average Bonchev–Trinajstić information content (AvgIpc) is 2.64. The van der Waals surface area contributed by atoms with Crippen LogP contribution in [0.25, 0.3) is 10.9 Å². The number of nitrogens with zero attached hydrogens (tertiary/aromatic N) is 1. The second-order valence-electron chi connectivity index (χ2n) is 5.91. The minimum Gasteiger partial charge on any atom is -0.452 e. The van der Waals surface area contributed by atoms with Gasteiger partial charge >= 0.3 is 5.97 Å². The van der Waals surface area contributed by atoms with Gasteiger partial charge in [-0.05, 0) is 36.8 Å². The van der Waals surface area contributed by atoms with Gasteiger partial charge in [-0.1, -0.05) is 40.2 Å². The van der Waals surface area contributed by atoms with Crippen LogP contribution in [0.1, 0.15) is 12.5 Å². The summed E-state index contributed by atoms with van der Waals surface area (Å²) in [4.78, 5) is 28.7. The van der Waals surface area contributed by atoms with E-state index in [9.17, 15) is 14.0 Å². The van der Waals surface area contributed by atoms with Crippen molar-refractivity contribution in [2.24, 2.45) is 0 Å². The van der Waals surface area contributed by atoms with E-state index in [1.54, 1.807) is 18.3 Å². The maximum absolute atomic E-state index is 13.8. The second kappa shape index (κ2) is 8.26. The molecule has 0 aliphatic carbocycles. The van der Waals surface area contributed by atoms with Crippen LogP contribution in [0.2, 0.25) is 0 Å². The van der Waals surface area contributed by atoms with Gasteiger partial charge in [0.15, 0.2) is 6.10 Å². The third kappa shape index (κ3) is 4.68. The van der Waals surface area contributed by atoms with Crippen molar-refractivity contribution >= 4 is 44.4 Å². The van der Waals surface area contributed by atoms with Crippen LogP contribution in [0.3, 0.4) is 0 Å². The standard InChI is InChI=1S/C20H16BrFN2O3/c1-12(20(26)24-17-8-7-15(21)11-16(17)22)27-18(25)10-14-5-2-4-13-6-3-9-23-19(13)14/h2-9,11-12H,10H2,1H3,(H,24,26). The van der Waals surface area contributed by atoms with Crippen LogP contribution < -0.4 is 5.32 Å². The van der Waals surface area contributed by atoms with E-state index in [0.717, 1.165) is 5.39 Å². The summed E-state index contributed by atoms with van der Waals surface area (Å²) in [5.74, 6) is -1.76. The Morgan fingerprint density at radius 2 is 2.00 bits per heavy atom. The Balaban J connectivity index is 1.63. The molecule has 0 fully saturated rings. The number of nitrogens with one attached hydrogen (secondary N) is 1. The molecule has 1 atom stereocenters. The number of carbonyl (C=O) groups is 2. The molecular formula is C20H16BrFN2O3. The Morgan fingerprint density at radius 3 is 2.78 bits per heavy atom. The molecular weight excluding hydrogens is 415 g/mol. The number of pyridine rings is 1. The molecule has 3 rings (SSSR count). The summed E-state index contributed by atoms with van der Waals surface area (Å²) in [6.07, 6.45) is 0.571. The summed E-state index contributed by atoms with van der Waals surface area (Å²) in [6.45, 7) is 1.44. The summed E-state index contributed by atoms with van der Waals surface area (Å²) in [5, 5.41) is 3.33. The minimum absolute atomic E-state index is 0.0153. The molecule has 1 unspecified atom stereocenters. The van der Waals surface area contributed by atoms with Crippen LogP contribution in [0.4, 0.5) is 10.1 Å². The smallest absolute Gasteiger partial charge is 0.311 e. The van der Waals surface area contributed by atoms with Crippen molar-refractivity contribution in [1.29, 1.82) is 0 Å². The van der Waals surface area contributed by atoms with Crippen LogP contribution >= 0.6 is 15.9 Å². The lowest BCUT2D eigenvalue weighted by Crippen LogP contribution is -2.30. The highest BCUT2D eigenvalue weighted by atomic mass is 79.9. The Labute approximate surface area is 163 Å². The van der Waals surface area contributed by atoms with E-state index < -0.39 is 23.8 Å². The van der Waals surface area contributed by atoms with E-state index in [1.165, 1.54) is 19.1 Å². The highest BCUT2D eigenvalue weighted by Crippen LogP contribution is 2.20. The first-order valence-electron chi connectivity index (χ1n) is 8.22. The quantitative estimate of drug-likeness (QED) is 0.614. The number of fused-ring (bicyclic) bond motifs is 1. The van der Waals surface area contributed by atoms with Crippen molar-refractivity contribution in [3.63, 3.8) is 0 Å². The molecule has 7 heteroatoms. The van der Waals surface area contributed by atoms with Gasteiger partial charge in [-0.15, -0.1) is 0 Å². The number of benzene rings is 2. The topological polar surface area (TPSA) is 68.3 Å². The number of anilines is 1. The largest absolute Gasteiger partial charge is 0.452 e. The molecule has 0 bridgehead atoms. The van der Waals surface area contributed by atoms with Gasteiger partial charge in [-0.2, -0.15) is 0 Å². The summed E-state index contributed by atoms with van der Waals surface area (Å²) in [5.41, 5.74) is 1.44. The van der Waals surface area contributed by atoms with E-state index in [2.05, 4.69) is 26.2 Å². The van der Waals surface area contributed by atoms with E-state index in [-0.39, 0.29) is 12.1 Å². The van der Waals surface area contributed by atoms with Crippen molar-refractivity contribution < 1.29 is 18.7 Å². The number of aromatic nitrogens is 1. The van der Waals surface area contributed by atoms with Gasteiger partial charge in [0.2, 0.25) is 0 Å². The molecule has 1 amide bonds. The molecule has 0 aliphatic heterocycles. The predicted molar refractivity (Wildman–Crippen MR) is 104 cm³/mol. The fourth-order valence-corrected chi connectivity index (χ4v) is 2.92. The Hall–Kier alpha value is -2.80. The van der Waals surface area contributed by atoms with Crippen LogP contribution in [0.15, 0.2) is 59.2 Å². The van der Waals surface area contributed by atoms with Gasteiger partial charge in [-0.3, -0.25) is 14.6 Å². The fraction of sp³-hybridized carbons (Fsp3) is 0.150. The third-order valence-corrected chi connectivity index (χ3v) is 4.41. The number of halogens is 2. The lowest BCUT2D eigenvalue weighted by molar-refractivity contribution is -0.152. The molecule has 3 aromatic rings. The first-order chi connectivity index (χ1) is 12.9. The van der Waals surface area contributed by atoms with Crippen LogP contribution in [-0.2, 0) is 20.7 Å². The minimum atomic E-state index is -1.07. The van der Waals surface area contributed by atoms with E-state index in [4.69, 9.17) is 4.74 Å². The average molecular weight is 431 g/mol. The fourth-order valence-electron chi connectivity index (χ4n) is 2.58. The molecule has 5 nitrogen and oxygen atoms in total. The summed E-state index contributed by atoms with van der Waals surface area (Å²) in [6, 6.07) is 13.5. The van der Waals surface area contributed by atoms with E-state index in [1.807, 2.05) is 24.3 Å². The lowest BCUT2D eigenvalue weighted by atomic mass is 10.1. The summed E-state index contributed by atoms with van der Waals surface area (Å²) >= 11 is 3.15. The third-order valence-electron chi connectivity index (χ3n) is 3.92. The number of hydrogen-bond acceptors (Lipinski definition) is 4. The van der Waals surface area contributed by atoms with Gasteiger partial charge < -0.3 is 10.1 Å². The Bertz CT molecular complexity index is 1000. The molecule has 0 saturated heterocycles. The maximum atomic E-state index is 13.8. The zero-order chi connectivity index (χ0) is 19.4. The van der Waals surface area contributed by atoms with Crippen LogP contribution in [-0.4, -0.2) is 23.0 Å². The molecule has 2 aromatic carbocycles. The molecule has 1 N–H and O–H groups in total. The number of carbonyl (C=O) groups excluding carboxylic acids is 2. The molecule has 27 heavy (non-hydrogen) atoms. The molecule has 138 valence electrons. The maximum Gasteiger partial charge on any atom is 0.311 e. The highest BCUT2D eigenvalue weighted by Gasteiger charge is 2.20. The van der Waals surface area contributed by atoms with E-state index in [0.29, 0.717) is 15.6 Å². The molecule has 1 heterocycles. The number of esters is 1. The first kappa shape index (κ1) is 19.0. The van der Waals surface area contributed by atoms with Crippen LogP contribution in [0, 0.1) is 5.82 Å². The number of hydrogen-bond donors (Lipinski definition) is 1. The monoisotopic (exact) mass is 430 g/mol. The van der Waals surface area contributed by atoms with Crippen molar-refractivity contribution in [3.05, 3.63) is 70.6 Å². The van der Waals surface area contributed by atoms with Crippen molar-refractivity contribution in [2.45, 2.75) is 19.4 Å². The molecule has 0 saturated carbocycles. The van der Waals surface area contributed by atoms with Gasteiger partial charge in [0.1, 0.15) is 5.82 Å². The van der Waals surface area contributed by atoms with Crippen molar-refractivity contribution in [3.8, 4) is 0 Å². The van der Waals surface area contributed by atoms with Gasteiger partial charge in [0, 0.05) is 16.1 Å². The normalized spacial score (nSPS) is 11.8. The molecule has 0 spiro atoms. The SMILES string of the molecule is CC(OC(=O)Cc1cccc2cccnc12)C(=O)Nc1ccc(Br)cc1F. The zero-order valence-electron chi connectivity index (χ0n) is 14.4. The molecule has 0 aliphatic rings. The molecule has 0 radical (unpaired) electrons. The number of para-hydroxylation sites is 1. The predicted octanol–water partition coefficient (Wildman–Crippen LogP) is 4.25. The van der Waals surface area contributed by atoms with Crippen LogP contribution in [0.5, 0.6) is 0 Å². The Morgan fingerprint density at radius 1 is 1.22 bits per heavy atom. The summed E-state index contributed by atoms with van der Waals surface area (Å²) in [7, 11) is 0. The second-order valence-corrected chi connectivity index (χ2v) is 6.83. The number of rotatable bonds is 5. The van der Waals surface area contributed by atoms with Crippen molar-refractivity contribution in [2.75, 3.05) is 5.32 Å². The zero-order valence-corrected chi connectivity index (χ0v) is 16.0. The van der Waals surface area contributed by atoms with Gasteiger partial charge in [0.05, 0.1) is 17.6 Å². The van der Waals surface area contributed by atoms with Gasteiger partial charge in [-0.25, -0.2) is 4.39 Å². The molecule has 1 aromatic heterocycles. The van der Waals surface area contributed by atoms with Crippen molar-refractivity contribution in [1.82, 2.24) is 4.98 Å². The first-order valence-corrected chi connectivity index (χ1v) is 9.01. The van der Waals surface area contributed by atoms with Gasteiger partial charge in [0.25, 0.3) is 5.91 Å².